The van der Waals surface area contributed by atoms with E-state index in [1.165, 1.54) is 12.8 Å². The highest BCUT2D eigenvalue weighted by molar-refractivity contribution is 5.27. The standard InChI is InChI=1S/C12H19N3O/c1-9-6-10(2)15-12(14-9)13-7-11-4-3-5-16-8-11/h6,11H,3-5,7-8H2,1-2H3,(H,13,14,15). The summed E-state index contributed by atoms with van der Waals surface area (Å²) in [6.07, 6.45) is 2.40. The number of aryl methyl sites for hydroxylation is 2. The molecule has 1 fully saturated rings. The lowest BCUT2D eigenvalue weighted by Gasteiger charge is -2.22. The fourth-order valence-corrected chi connectivity index (χ4v) is 2.01. The van der Waals surface area contributed by atoms with Gasteiger partial charge in [0.15, 0.2) is 0 Å². The first-order valence-corrected chi connectivity index (χ1v) is 5.88. The van der Waals surface area contributed by atoms with Crippen molar-refractivity contribution in [3.63, 3.8) is 0 Å². The van der Waals surface area contributed by atoms with Crippen LogP contribution in [0, 0.1) is 19.8 Å². The zero-order valence-corrected chi connectivity index (χ0v) is 9.99. The van der Waals surface area contributed by atoms with Gasteiger partial charge in [0.25, 0.3) is 0 Å². The fourth-order valence-electron chi connectivity index (χ4n) is 2.01. The van der Waals surface area contributed by atoms with Gasteiger partial charge in [0.2, 0.25) is 5.95 Å². The smallest absolute Gasteiger partial charge is 0.223 e. The van der Waals surface area contributed by atoms with Gasteiger partial charge in [-0.25, -0.2) is 9.97 Å². The molecule has 2 heterocycles. The van der Waals surface area contributed by atoms with Gasteiger partial charge >= 0.3 is 0 Å². The van der Waals surface area contributed by atoms with Gasteiger partial charge in [-0.3, -0.25) is 0 Å². The minimum absolute atomic E-state index is 0.596. The van der Waals surface area contributed by atoms with Crippen molar-refractivity contribution in [3.05, 3.63) is 17.5 Å². The summed E-state index contributed by atoms with van der Waals surface area (Å²) in [5.41, 5.74) is 2.02. The number of rotatable bonds is 3. The van der Waals surface area contributed by atoms with Gasteiger partial charge < -0.3 is 10.1 Å². The minimum atomic E-state index is 0.596. The third-order valence-corrected chi connectivity index (χ3v) is 2.79. The molecule has 0 bridgehead atoms. The van der Waals surface area contributed by atoms with E-state index >= 15 is 0 Å². The van der Waals surface area contributed by atoms with E-state index in [9.17, 15) is 0 Å². The van der Waals surface area contributed by atoms with Crippen molar-refractivity contribution in [1.29, 1.82) is 0 Å². The third-order valence-electron chi connectivity index (χ3n) is 2.79. The predicted octanol–water partition coefficient (Wildman–Crippen LogP) is 1.93. The van der Waals surface area contributed by atoms with Crippen LogP contribution in [0.3, 0.4) is 0 Å². The Morgan fingerprint density at radius 2 is 2.12 bits per heavy atom. The van der Waals surface area contributed by atoms with Crippen LogP contribution in [0.25, 0.3) is 0 Å². The summed E-state index contributed by atoms with van der Waals surface area (Å²) in [7, 11) is 0. The first-order valence-electron chi connectivity index (χ1n) is 5.88. The number of hydrogen-bond acceptors (Lipinski definition) is 4. The molecule has 4 nitrogen and oxygen atoms in total. The Balaban J connectivity index is 1.88. The number of nitrogens with one attached hydrogen (secondary N) is 1. The molecule has 0 radical (unpaired) electrons. The fraction of sp³-hybridized carbons (Fsp3) is 0.667. The molecule has 16 heavy (non-hydrogen) atoms. The van der Waals surface area contributed by atoms with E-state index in [0.29, 0.717) is 5.92 Å². The Hall–Kier alpha value is -1.16. The zero-order chi connectivity index (χ0) is 11.4. The molecular weight excluding hydrogens is 202 g/mol. The van der Waals surface area contributed by atoms with E-state index in [-0.39, 0.29) is 0 Å². The summed E-state index contributed by atoms with van der Waals surface area (Å²) in [5, 5.41) is 3.29. The largest absolute Gasteiger partial charge is 0.381 e. The quantitative estimate of drug-likeness (QED) is 0.847. The summed E-state index contributed by atoms with van der Waals surface area (Å²) in [4.78, 5) is 8.71. The molecule has 0 saturated carbocycles. The van der Waals surface area contributed by atoms with Crippen LogP contribution < -0.4 is 5.32 Å². The Labute approximate surface area is 96.4 Å². The zero-order valence-electron chi connectivity index (χ0n) is 9.99. The van der Waals surface area contributed by atoms with Crippen molar-refractivity contribution in [2.45, 2.75) is 26.7 Å². The van der Waals surface area contributed by atoms with Crippen molar-refractivity contribution in [3.8, 4) is 0 Å². The van der Waals surface area contributed by atoms with Crippen LogP contribution >= 0.6 is 0 Å². The van der Waals surface area contributed by atoms with Gasteiger partial charge in [-0.15, -0.1) is 0 Å². The minimum Gasteiger partial charge on any atom is -0.381 e. The van der Waals surface area contributed by atoms with E-state index in [4.69, 9.17) is 4.74 Å². The summed E-state index contributed by atoms with van der Waals surface area (Å²) >= 11 is 0. The molecule has 1 unspecified atom stereocenters. The Morgan fingerprint density at radius 1 is 1.38 bits per heavy atom. The Bertz CT molecular complexity index is 328. The number of nitrogens with zero attached hydrogens (tertiary/aromatic N) is 2. The monoisotopic (exact) mass is 221 g/mol. The highest BCUT2D eigenvalue weighted by Crippen LogP contribution is 2.14. The van der Waals surface area contributed by atoms with E-state index < -0.39 is 0 Å². The third kappa shape index (κ3) is 3.17. The molecule has 1 aliphatic rings. The normalized spacial score (nSPS) is 20.8. The molecule has 0 aromatic carbocycles. The molecule has 88 valence electrons. The molecule has 1 aliphatic heterocycles. The van der Waals surface area contributed by atoms with Gasteiger partial charge in [-0.2, -0.15) is 0 Å². The summed E-state index contributed by atoms with van der Waals surface area (Å²) in [5.74, 6) is 1.33. The van der Waals surface area contributed by atoms with Crippen molar-refractivity contribution < 1.29 is 4.74 Å². The average Bonchev–Trinajstić information content (AvgIpc) is 2.27. The van der Waals surface area contributed by atoms with Crippen LogP contribution in [0.4, 0.5) is 5.95 Å². The molecule has 0 amide bonds. The first-order chi connectivity index (χ1) is 7.74. The lowest BCUT2D eigenvalue weighted by atomic mass is 10.0. The lowest BCUT2D eigenvalue weighted by molar-refractivity contribution is 0.0594. The van der Waals surface area contributed by atoms with Crippen molar-refractivity contribution in [1.82, 2.24) is 9.97 Å². The molecule has 1 N–H and O–H groups in total. The van der Waals surface area contributed by atoms with E-state index in [1.54, 1.807) is 0 Å². The van der Waals surface area contributed by atoms with Crippen molar-refractivity contribution >= 4 is 5.95 Å². The number of hydrogen-bond donors (Lipinski definition) is 1. The second-order valence-electron chi connectivity index (χ2n) is 4.44. The summed E-state index contributed by atoms with van der Waals surface area (Å²) < 4.78 is 5.44. The highest BCUT2D eigenvalue weighted by Gasteiger charge is 2.13. The van der Waals surface area contributed by atoms with Crippen molar-refractivity contribution in [2.24, 2.45) is 5.92 Å². The van der Waals surface area contributed by atoms with Gasteiger partial charge in [0.05, 0.1) is 6.61 Å². The van der Waals surface area contributed by atoms with Gasteiger partial charge in [0.1, 0.15) is 0 Å². The highest BCUT2D eigenvalue weighted by atomic mass is 16.5. The number of aromatic nitrogens is 2. The first kappa shape index (κ1) is 11.3. The van der Waals surface area contributed by atoms with Crippen LogP contribution in [-0.2, 0) is 4.74 Å². The molecule has 0 spiro atoms. The predicted molar refractivity (Wildman–Crippen MR) is 63.5 cm³/mol. The van der Waals surface area contributed by atoms with Crippen LogP contribution in [0.5, 0.6) is 0 Å². The molecule has 1 aromatic heterocycles. The maximum atomic E-state index is 5.44. The number of ether oxygens (including phenoxy) is 1. The summed E-state index contributed by atoms with van der Waals surface area (Å²) in [6, 6.07) is 1.98. The molecule has 1 aromatic rings. The lowest BCUT2D eigenvalue weighted by Crippen LogP contribution is -2.25. The van der Waals surface area contributed by atoms with E-state index in [0.717, 1.165) is 37.1 Å². The van der Waals surface area contributed by atoms with Crippen LogP contribution in [0.1, 0.15) is 24.2 Å². The SMILES string of the molecule is Cc1cc(C)nc(NCC2CCCOC2)n1. The van der Waals surface area contributed by atoms with E-state index in [1.807, 2.05) is 19.9 Å². The molecule has 4 heteroatoms. The second-order valence-corrected chi connectivity index (χ2v) is 4.44. The maximum Gasteiger partial charge on any atom is 0.223 e. The topological polar surface area (TPSA) is 47.0 Å². The molecule has 1 atom stereocenters. The van der Waals surface area contributed by atoms with Gasteiger partial charge in [0, 0.05) is 24.5 Å². The second kappa shape index (κ2) is 5.25. The molecule has 0 aliphatic carbocycles. The van der Waals surface area contributed by atoms with Crippen LogP contribution in [0.2, 0.25) is 0 Å². The molecule has 1 saturated heterocycles. The van der Waals surface area contributed by atoms with Crippen LogP contribution in [-0.4, -0.2) is 29.7 Å². The van der Waals surface area contributed by atoms with Gasteiger partial charge in [-0.05, 0) is 38.7 Å². The maximum absolute atomic E-state index is 5.44. The Morgan fingerprint density at radius 3 is 2.75 bits per heavy atom. The average molecular weight is 221 g/mol. The van der Waals surface area contributed by atoms with Crippen LogP contribution in [0.15, 0.2) is 6.07 Å². The van der Waals surface area contributed by atoms with E-state index in [2.05, 4.69) is 15.3 Å². The number of anilines is 1. The van der Waals surface area contributed by atoms with Gasteiger partial charge in [-0.1, -0.05) is 0 Å². The Kier molecular flexibility index (Phi) is 3.72. The summed E-state index contributed by atoms with van der Waals surface area (Å²) in [6.45, 7) is 6.66. The van der Waals surface area contributed by atoms with Crippen molar-refractivity contribution in [2.75, 3.05) is 25.1 Å². The molecular formula is C12H19N3O. The molecule has 2 rings (SSSR count).